The average Bonchev–Trinajstić information content (AvgIpc) is 2.53. The van der Waals surface area contributed by atoms with Gasteiger partial charge in [0.25, 0.3) is 0 Å². The Hall–Kier alpha value is -2.64. The molecule has 0 saturated heterocycles. The van der Waals surface area contributed by atoms with E-state index < -0.39 is 12.0 Å². The molecular weight excluding hydrogens is 264 g/mol. The predicted octanol–water partition coefficient (Wildman–Crippen LogP) is 3.03. The molecule has 0 spiro atoms. The maximum Gasteiger partial charge on any atom is 0.325 e. The zero-order valence-corrected chi connectivity index (χ0v) is 11.7. The van der Waals surface area contributed by atoms with Crippen LogP contribution in [0.5, 0.6) is 0 Å². The summed E-state index contributed by atoms with van der Waals surface area (Å²) in [5, 5.41) is 21.3. The molecule has 0 aliphatic rings. The molecular formula is C17H16N2O2. The van der Waals surface area contributed by atoms with Crippen molar-refractivity contribution in [2.24, 2.45) is 0 Å². The van der Waals surface area contributed by atoms with Crippen molar-refractivity contribution in [3.63, 3.8) is 0 Å². The van der Waals surface area contributed by atoms with E-state index in [0.29, 0.717) is 11.1 Å². The first-order chi connectivity index (χ1) is 10.1. The summed E-state index contributed by atoms with van der Waals surface area (Å²) >= 11 is 0. The van der Waals surface area contributed by atoms with Crippen LogP contribution in [0.3, 0.4) is 0 Å². The van der Waals surface area contributed by atoms with Crippen LogP contribution in [0.25, 0.3) is 0 Å². The molecule has 0 fully saturated rings. The van der Waals surface area contributed by atoms with Crippen LogP contribution >= 0.6 is 0 Å². The maximum absolute atomic E-state index is 11.5. The second-order valence-corrected chi connectivity index (χ2v) is 4.80. The fourth-order valence-corrected chi connectivity index (χ4v) is 2.15. The van der Waals surface area contributed by atoms with E-state index in [9.17, 15) is 9.90 Å². The van der Waals surface area contributed by atoms with E-state index in [-0.39, 0.29) is 6.04 Å². The zero-order chi connectivity index (χ0) is 15.2. The monoisotopic (exact) mass is 280 g/mol. The van der Waals surface area contributed by atoms with Crippen LogP contribution in [0.1, 0.15) is 35.7 Å². The van der Waals surface area contributed by atoms with Crippen molar-refractivity contribution in [2.45, 2.75) is 19.0 Å². The van der Waals surface area contributed by atoms with Crippen LogP contribution in [-0.2, 0) is 4.79 Å². The lowest BCUT2D eigenvalue weighted by Gasteiger charge is -2.21. The number of carboxylic acid groups (broad SMARTS) is 1. The van der Waals surface area contributed by atoms with Gasteiger partial charge in [-0.2, -0.15) is 5.26 Å². The summed E-state index contributed by atoms with van der Waals surface area (Å²) in [5.41, 5.74) is 2.24. The molecule has 2 atom stereocenters. The highest BCUT2D eigenvalue weighted by atomic mass is 16.4. The van der Waals surface area contributed by atoms with Crippen LogP contribution in [0, 0.1) is 11.3 Å². The zero-order valence-electron chi connectivity index (χ0n) is 11.7. The highest BCUT2D eigenvalue weighted by molar-refractivity contribution is 5.75. The van der Waals surface area contributed by atoms with Gasteiger partial charge >= 0.3 is 5.97 Å². The number of nitriles is 1. The van der Waals surface area contributed by atoms with Crippen molar-refractivity contribution in [1.29, 1.82) is 5.26 Å². The smallest absolute Gasteiger partial charge is 0.325 e. The van der Waals surface area contributed by atoms with Gasteiger partial charge in [0.05, 0.1) is 11.6 Å². The third kappa shape index (κ3) is 3.68. The second kappa shape index (κ2) is 6.69. The molecule has 0 saturated carbocycles. The normalized spacial score (nSPS) is 13.1. The number of rotatable bonds is 5. The minimum Gasteiger partial charge on any atom is -0.480 e. The molecule has 2 aromatic carbocycles. The van der Waals surface area contributed by atoms with Gasteiger partial charge in [-0.1, -0.05) is 42.5 Å². The molecule has 2 rings (SSSR count). The molecule has 2 aromatic rings. The van der Waals surface area contributed by atoms with Gasteiger partial charge in [-0.3, -0.25) is 10.1 Å². The number of aliphatic carboxylic acids is 1. The molecule has 0 heterocycles. The number of nitrogens with zero attached hydrogens (tertiary/aromatic N) is 1. The summed E-state index contributed by atoms with van der Waals surface area (Å²) in [7, 11) is 0. The van der Waals surface area contributed by atoms with E-state index in [1.165, 1.54) is 0 Å². The van der Waals surface area contributed by atoms with Crippen molar-refractivity contribution in [3.8, 4) is 6.07 Å². The van der Waals surface area contributed by atoms with Crippen molar-refractivity contribution in [1.82, 2.24) is 5.32 Å². The van der Waals surface area contributed by atoms with Gasteiger partial charge in [0.2, 0.25) is 0 Å². The molecule has 0 aliphatic heterocycles. The van der Waals surface area contributed by atoms with Crippen LogP contribution < -0.4 is 5.32 Å². The lowest BCUT2D eigenvalue weighted by molar-refractivity contribution is -0.139. The second-order valence-electron chi connectivity index (χ2n) is 4.80. The molecule has 4 nitrogen and oxygen atoms in total. The number of carboxylic acids is 1. The van der Waals surface area contributed by atoms with Gasteiger partial charge in [0.15, 0.2) is 0 Å². The number of carbonyl (C=O) groups is 1. The molecule has 2 unspecified atom stereocenters. The van der Waals surface area contributed by atoms with E-state index in [0.717, 1.165) is 5.56 Å². The van der Waals surface area contributed by atoms with E-state index in [1.54, 1.807) is 24.3 Å². The summed E-state index contributed by atoms with van der Waals surface area (Å²) in [6.07, 6.45) is 0. The van der Waals surface area contributed by atoms with E-state index in [4.69, 9.17) is 5.26 Å². The Bertz CT molecular complexity index is 645. The first-order valence-corrected chi connectivity index (χ1v) is 6.65. The molecule has 4 heteroatoms. The van der Waals surface area contributed by atoms with Crippen molar-refractivity contribution < 1.29 is 9.90 Å². The largest absolute Gasteiger partial charge is 0.480 e. The Morgan fingerprint density at radius 2 is 1.71 bits per heavy atom. The van der Waals surface area contributed by atoms with Gasteiger partial charge in [-0.05, 0) is 30.2 Å². The predicted molar refractivity (Wildman–Crippen MR) is 79.5 cm³/mol. The lowest BCUT2D eigenvalue weighted by atomic mass is 10.0. The number of benzene rings is 2. The minimum absolute atomic E-state index is 0.140. The van der Waals surface area contributed by atoms with Crippen molar-refractivity contribution >= 4 is 5.97 Å². The number of hydrogen-bond acceptors (Lipinski definition) is 3. The van der Waals surface area contributed by atoms with E-state index in [1.807, 2.05) is 37.3 Å². The molecule has 2 N–H and O–H groups in total. The fraction of sp³-hybridized carbons (Fsp3) is 0.176. The van der Waals surface area contributed by atoms with Crippen LogP contribution in [0.2, 0.25) is 0 Å². The van der Waals surface area contributed by atoms with Crippen molar-refractivity contribution in [3.05, 3.63) is 71.3 Å². The summed E-state index contributed by atoms with van der Waals surface area (Å²) < 4.78 is 0. The Morgan fingerprint density at radius 1 is 1.10 bits per heavy atom. The lowest BCUT2D eigenvalue weighted by Crippen LogP contribution is -2.30. The molecule has 0 aromatic heterocycles. The Morgan fingerprint density at radius 3 is 2.24 bits per heavy atom. The van der Waals surface area contributed by atoms with Gasteiger partial charge in [-0.25, -0.2) is 0 Å². The first-order valence-electron chi connectivity index (χ1n) is 6.65. The number of nitrogens with one attached hydrogen (secondary N) is 1. The summed E-state index contributed by atoms with van der Waals surface area (Å²) in [6, 6.07) is 17.3. The summed E-state index contributed by atoms with van der Waals surface area (Å²) in [6.45, 7) is 1.90. The molecule has 106 valence electrons. The summed E-state index contributed by atoms with van der Waals surface area (Å²) in [4.78, 5) is 11.5. The summed E-state index contributed by atoms with van der Waals surface area (Å²) in [5.74, 6) is -0.915. The first kappa shape index (κ1) is 14.8. The van der Waals surface area contributed by atoms with Gasteiger partial charge in [0.1, 0.15) is 6.04 Å². The molecule has 0 radical (unpaired) electrons. The highest BCUT2D eigenvalue weighted by Crippen LogP contribution is 2.20. The topological polar surface area (TPSA) is 73.1 Å². The van der Waals surface area contributed by atoms with Gasteiger partial charge in [0, 0.05) is 6.04 Å². The SMILES string of the molecule is CC(NC(C(=O)O)c1ccccc1)c1ccc(C#N)cc1. The Balaban J connectivity index is 2.17. The third-order valence-corrected chi connectivity index (χ3v) is 3.34. The van der Waals surface area contributed by atoms with E-state index >= 15 is 0 Å². The maximum atomic E-state index is 11.5. The van der Waals surface area contributed by atoms with E-state index in [2.05, 4.69) is 11.4 Å². The third-order valence-electron chi connectivity index (χ3n) is 3.34. The fourth-order valence-electron chi connectivity index (χ4n) is 2.15. The Kier molecular flexibility index (Phi) is 4.70. The van der Waals surface area contributed by atoms with Crippen molar-refractivity contribution in [2.75, 3.05) is 0 Å². The van der Waals surface area contributed by atoms with Crippen LogP contribution in [0.4, 0.5) is 0 Å². The Labute approximate surface area is 123 Å². The van der Waals surface area contributed by atoms with Crippen LogP contribution in [-0.4, -0.2) is 11.1 Å². The van der Waals surface area contributed by atoms with Gasteiger partial charge in [-0.15, -0.1) is 0 Å². The minimum atomic E-state index is -0.915. The highest BCUT2D eigenvalue weighted by Gasteiger charge is 2.21. The quantitative estimate of drug-likeness (QED) is 0.883. The van der Waals surface area contributed by atoms with Crippen LogP contribution in [0.15, 0.2) is 54.6 Å². The standard InChI is InChI=1S/C17H16N2O2/c1-12(14-9-7-13(11-18)8-10-14)19-16(17(20)21)15-5-3-2-4-6-15/h2-10,12,16,19H,1H3,(H,20,21). The molecule has 0 aliphatic carbocycles. The average molecular weight is 280 g/mol. The number of hydrogen-bond donors (Lipinski definition) is 2. The molecule has 21 heavy (non-hydrogen) atoms. The molecule has 0 amide bonds. The van der Waals surface area contributed by atoms with Gasteiger partial charge < -0.3 is 5.11 Å². The molecule has 0 bridgehead atoms.